The van der Waals surface area contributed by atoms with Gasteiger partial charge in [0.1, 0.15) is 12.2 Å². The Bertz CT molecular complexity index is 704. The number of ether oxygens (including phenoxy) is 1. The molecule has 21 heavy (non-hydrogen) atoms. The van der Waals surface area contributed by atoms with Crippen molar-refractivity contribution in [1.82, 2.24) is 9.55 Å². The molecule has 1 fully saturated rings. The van der Waals surface area contributed by atoms with Gasteiger partial charge in [0.2, 0.25) is 0 Å². The number of halogens is 2. The number of H-pyrrole nitrogens is 1. The molecule has 0 amide bonds. The molecule has 0 radical (unpaired) electrons. The van der Waals surface area contributed by atoms with Crippen molar-refractivity contribution in [3.63, 3.8) is 0 Å². The van der Waals surface area contributed by atoms with Crippen LogP contribution in [0.3, 0.4) is 0 Å². The van der Waals surface area contributed by atoms with Gasteiger partial charge in [-0.05, 0) is 18.5 Å². The van der Waals surface area contributed by atoms with E-state index in [2.05, 4.69) is 11.3 Å². The van der Waals surface area contributed by atoms with Gasteiger partial charge in [0.25, 0.3) is 5.56 Å². The van der Waals surface area contributed by atoms with Crippen molar-refractivity contribution in [2.24, 2.45) is 0 Å². The number of aliphatic hydroxyl groups is 2. The van der Waals surface area contributed by atoms with E-state index in [4.69, 9.17) is 27.9 Å². The molecular weight excluding hydrogens is 323 g/mol. The molecule has 1 aliphatic rings. The zero-order valence-corrected chi connectivity index (χ0v) is 12.3. The Morgan fingerprint density at radius 3 is 2.76 bits per heavy atom. The monoisotopic (exact) mass is 334 g/mol. The maximum atomic E-state index is 11.8. The lowest BCUT2D eigenvalue weighted by molar-refractivity contribution is -0.0773. The van der Waals surface area contributed by atoms with Gasteiger partial charge in [-0.25, -0.2) is 4.79 Å². The third-order valence-electron chi connectivity index (χ3n) is 3.21. The van der Waals surface area contributed by atoms with Crippen LogP contribution in [0.4, 0.5) is 0 Å². The maximum absolute atomic E-state index is 11.8. The first-order valence-corrected chi connectivity index (χ1v) is 6.71. The van der Waals surface area contributed by atoms with Gasteiger partial charge in [0.05, 0.1) is 6.10 Å². The van der Waals surface area contributed by atoms with Gasteiger partial charge < -0.3 is 14.9 Å². The van der Waals surface area contributed by atoms with Crippen molar-refractivity contribution >= 4 is 23.2 Å². The summed E-state index contributed by atoms with van der Waals surface area (Å²) in [7, 11) is 0. The Hall–Kier alpha value is -1.30. The van der Waals surface area contributed by atoms with Crippen LogP contribution < -0.4 is 11.2 Å². The third kappa shape index (κ3) is 2.73. The fourth-order valence-electron chi connectivity index (χ4n) is 2.17. The predicted octanol–water partition coefficient (Wildman–Crippen LogP) is -0.647. The SMILES string of the molecule is C[C@@H](O)[C@H]1O[C@@H](n2ccc(=O)[nH]c2=O)[C@@](Cl)(C#CCl)C1O. The van der Waals surface area contributed by atoms with E-state index in [0.717, 1.165) is 16.8 Å². The number of nitrogens with one attached hydrogen (secondary N) is 1. The van der Waals surface area contributed by atoms with E-state index in [9.17, 15) is 19.8 Å². The standard InChI is InChI=1S/C12H12Cl2N2O5/c1-6(17)8-9(19)12(14,3-4-13)10(21-8)16-5-2-7(18)15-11(16)20/h2,5-6,8-10,17,19H,1H3,(H,15,18,20)/t6-,8-,9?,10-,12-/m1/s1. The van der Waals surface area contributed by atoms with E-state index in [1.807, 2.05) is 4.98 Å². The van der Waals surface area contributed by atoms with E-state index >= 15 is 0 Å². The highest BCUT2D eigenvalue weighted by molar-refractivity contribution is 6.32. The Kier molecular flexibility index (Phi) is 4.46. The fraction of sp³-hybridized carbons (Fsp3) is 0.500. The number of aromatic amines is 1. The molecule has 1 unspecified atom stereocenters. The molecule has 9 heteroatoms. The molecule has 1 aliphatic heterocycles. The molecule has 1 aromatic rings. The predicted molar refractivity (Wildman–Crippen MR) is 75.1 cm³/mol. The van der Waals surface area contributed by atoms with Gasteiger partial charge in [-0.1, -0.05) is 17.5 Å². The molecule has 2 rings (SSSR count). The Morgan fingerprint density at radius 2 is 2.24 bits per heavy atom. The van der Waals surface area contributed by atoms with Crippen molar-refractivity contribution in [1.29, 1.82) is 0 Å². The number of aromatic nitrogens is 2. The summed E-state index contributed by atoms with van der Waals surface area (Å²) in [6, 6.07) is 1.10. The fourth-order valence-corrected chi connectivity index (χ4v) is 2.71. The second-order valence-electron chi connectivity index (χ2n) is 4.64. The van der Waals surface area contributed by atoms with Crippen molar-refractivity contribution in [3.05, 3.63) is 33.1 Å². The van der Waals surface area contributed by atoms with Crippen molar-refractivity contribution in [3.8, 4) is 11.3 Å². The molecular formula is C12H12Cl2N2O5. The van der Waals surface area contributed by atoms with Gasteiger partial charge in [-0.15, -0.1) is 0 Å². The van der Waals surface area contributed by atoms with Crippen LogP contribution >= 0.6 is 23.2 Å². The summed E-state index contributed by atoms with van der Waals surface area (Å²) in [5.74, 6) is 2.39. The van der Waals surface area contributed by atoms with Gasteiger partial charge in [-0.3, -0.25) is 14.3 Å². The highest BCUT2D eigenvalue weighted by Gasteiger charge is 2.57. The summed E-state index contributed by atoms with van der Waals surface area (Å²) >= 11 is 11.6. The molecule has 1 aromatic heterocycles. The molecule has 0 spiro atoms. The summed E-state index contributed by atoms with van der Waals surface area (Å²) in [5, 5.41) is 21.9. The molecule has 0 aromatic carbocycles. The van der Waals surface area contributed by atoms with Crippen LogP contribution in [-0.2, 0) is 4.74 Å². The van der Waals surface area contributed by atoms with Crippen LogP contribution in [0.2, 0.25) is 0 Å². The van der Waals surface area contributed by atoms with Crippen LogP contribution in [0.5, 0.6) is 0 Å². The van der Waals surface area contributed by atoms with Crippen LogP contribution in [0.1, 0.15) is 13.2 Å². The lowest BCUT2D eigenvalue weighted by atomic mass is 9.97. The first kappa shape index (κ1) is 16.1. The van der Waals surface area contributed by atoms with E-state index in [1.54, 1.807) is 0 Å². The Morgan fingerprint density at radius 1 is 1.57 bits per heavy atom. The lowest BCUT2D eigenvalue weighted by Gasteiger charge is -2.25. The number of hydrogen-bond acceptors (Lipinski definition) is 5. The molecule has 7 nitrogen and oxygen atoms in total. The molecule has 3 N–H and O–H groups in total. The number of hydrogen-bond donors (Lipinski definition) is 3. The summed E-state index contributed by atoms with van der Waals surface area (Å²) in [5.41, 5.74) is -1.38. The quantitative estimate of drug-likeness (QED) is 0.492. The summed E-state index contributed by atoms with van der Waals surface area (Å²) in [6.45, 7) is 1.40. The number of nitrogens with zero attached hydrogens (tertiary/aromatic N) is 1. The largest absolute Gasteiger partial charge is 0.391 e. The average Bonchev–Trinajstić information content (AvgIpc) is 2.64. The second kappa shape index (κ2) is 5.83. The van der Waals surface area contributed by atoms with Gasteiger partial charge in [0, 0.05) is 17.6 Å². The van der Waals surface area contributed by atoms with Crippen LogP contribution in [-0.4, -0.2) is 43.0 Å². The van der Waals surface area contributed by atoms with Gasteiger partial charge in [0.15, 0.2) is 11.1 Å². The first-order chi connectivity index (χ1) is 9.81. The minimum Gasteiger partial charge on any atom is -0.391 e. The second-order valence-corrected chi connectivity index (χ2v) is 5.46. The normalized spacial score (nSPS) is 33.3. The topological polar surface area (TPSA) is 105 Å². The average molecular weight is 335 g/mol. The smallest absolute Gasteiger partial charge is 0.330 e. The summed E-state index contributed by atoms with van der Waals surface area (Å²) < 4.78 is 6.43. The summed E-state index contributed by atoms with van der Waals surface area (Å²) in [4.78, 5) is 23.2. The van der Waals surface area contributed by atoms with Crippen molar-refractivity contribution in [2.45, 2.75) is 36.3 Å². The maximum Gasteiger partial charge on any atom is 0.330 e. The van der Waals surface area contributed by atoms with Gasteiger partial charge >= 0.3 is 5.69 Å². The van der Waals surface area contributed by atoms with E-state index in [0.29, 0.717) is 0 Å². The molecule has 1 saturated heterocycles. The number of rotatable bonds is 2. The minimum absolute atomic E-state index is 0.592. The molecule has 2 heterocycles. The van der Waals surface area contributed by atoms with Crippen LogP contribution in [0.15, 0.2) is 21.9 Å². The Balaban J connectivity index is 2.56. The first-order valence-electron chi connectivity index (χ1n) is 5.96. The van der Waals surface area contributed by atoms with Crippen molar-refractivity contribution < 1.29 is 14.9 Å². The van der Waals surface area contributed by atoms with Crippen molar-refractivity contribution in [2.75, 3.05) is 0 Å². The summed E-state index contributed by atoms with van der Waals surface area (Å²) in [6.07, 6.45) is -3.59. The number of aliphatic hydroxyl groups excluding tert-OH is 2. The molecule has 114 valence electrons. The number of alkyl halides is 1. The molecule has 5 atom stereocenters. The zero-order chi connectivity index (χ0) is 15.8. The highest BCUT2D eigenvalue weighted by Crippen LogP contribution is 2.43. The zero-order valence-electron chi connectivity index (χ0n) is 10.8. The van der Waals surface area contributed by atoms with Crippen LogP contribution in [0, 0.1) is 11.3 Å². The molecule has 0 bridgehead atoms. The van der Waals surface area contributed by atoms with E-state index in [-0.39, 0.29) is 0 Å². The Labute approximate surface area is 129 Å². The lowest BCUT2D eigenvalue weighted by Crippen LogP contribution is -2.45. The van der Waals surface area contributed by atoms with Gasteiger partial charge in [-0.2, -0.15) is 0 Å². The molecule has 0 saturated carbocycles. The molecule has 0 aliphatic carbocycles. The van der Waals surface area contributed by atoms with E-state index < -0.39 is 40.7 Å². The van der Waals surface area contributed by atoms with E-state index in [1.165, 1.54) is 6.92 Å². The van der Waals surface area contributed by atoms with Crippen LogP contribution in [0.25, 0.3) is 0 Å². The highest BCUT2D eigenvalue weighted by atomic mass is 35.5. The minimum atomic E-state index is -1.74. The third-order valence-corrected chi connectivity index (χ3v) is 3.80.